The molecule has 6 nitrogen and oxygen atoms in total. The molecule has 1 aromatic heterocycles. The summed E-state index contributed by atoms with van der Waals surface area (Å²) >= 11 is 0. The minimum Gasteiger partial charge on any atom is -0.467 e. The molecule has 2 aromatic rings. The summed E-state index contributed by atoms with van der Waals surface area (Å²) in [5.41, 5.74) is 7.40. The Balaban J connectivity index is 1.83. The first kappa shape index (κ1) is 15.8. The smallest absolute Gasteiger partial charge is 0.337 e. The first-order valence-corrected chi connectivity index (χ1v) is 6.87. The number of hydrogen-bond acceptors (Lipinski definition) is 5. The van der Waals surface area contributed by atoms with E-state index in [2.05, 4.69) is 10.1 Å². The highest BCUT2D eigenvalue weighted by atomic mass is 16.5. The Labute approximate surface area is 128 Å². The lowest BCUT2D eigenvalue weighted by atomic mass is 10.1. The van der Waals surface area contributed by atoms with Gasteiger partial charge in [0.15, 0.2) is 0 Å². The highest BCUT2D eigenvalue weighted by molar-refractivity contribution is 5.94. The molecule has 0 atom stereocenters. The summed E-state index contributed by atoms with van der Waals surface area (Å²) in [7, 11) is 1.34. The van der Waals surface area contributed by atoms with Crippen molar-refractivity contribution in [2.75, 3.05) is 13.7 Å². The molecule has 0 saturated carbocycles. The number of furan rings is 1. The van der Waals surface area contributed by atoms with Crippen LogP contribution in [-0.2, 0) is 17.7 Å². The van der Waals surface area contributed by atoms with Gasteiger partial charge < -0.3 is 20.2 Å². The molecule has 0 saturated heterocycles. The molecule has 116 valence electrons. The molecular weight excluding hydrogens is 284 g/mol. The van der Waals surface area contributed by atoms with E-state index >= 15 is 0 Å². The number of hydrogen-bond donors (Lipinski definition) is 2. The summed E-state index contributed by atoms with van der Waals surface area (Å²) in [5, 5.41) is 2.80. The normalized spacial score (nSPS) is 10.3. The lowest BCUT2D eigenvalue weighted by Crippen LogP contribution is -2.25. The van der Waals surface area contributed by atoms with E-state index in [-0.39, 0.29) is 18.4 Å². The molecule has 1 aromatic carbocycles. The zero-order valence-electron chi connectivity index (χ0n) is 12.3. The first-order valence-electron chi connectivity index (χ1n) is 6.87. The highest BCUT2D eigenvalue weighted by Gasteiger charge is 2.09. The van der Waals surface area contributed by atoms with Gasteiger partial charge in [0, 0.05) is 6.54 Å². The zero-order chi connectivity index (χ0) is 15.9. The van der Waals surface area contributed by atoms with Gasteiger partial charge in [0.05, 0.1) is 24.8 Å². The standard InChI is InChI=1S/C16H18N2O4/c1-21-16(20)12-4-2-11(3-5-12)6-7-18-15(19)13-8-14(9-17)22-10-13/h2-5,8,10H,6-7,9,17H2,1H3,(H,18,19). The Bertz CT molecular complexity index is 646. The molecule has 0 bridgehead atoms. The summed E-state index contributed by atoms with van der Waals surface area (Å²) in [6.45, 7) is 0.749. The maximum Gasteiger partial charge on any atom is 0.337 e. The molecule has 0 aliphatic carbocycles. The monoisotopic (exact) mass is 302 g/mol. The predicted molar refractivity (Wildman–Crippen MR) is 80.4 cm³/mol. The fourth-order valence-electron chi connectivity index (χ4n) is 1.95. The zero-order valence-corrected chi connectivity index (χ0v) is 12.3. The molecule has 2 rings (SSSR count). The molecule has 1 amide bonds. The predicted octanol–water partition coefficient (Wildman–Crippen LogP) is 1.50. The fraction of sp³-hybridized carbons (Fsp3) is 0.250. The van der Waals surface area contributed by atoms with Crippen molar-refractivity contribution in [2.45, 2.75) is 13.0 Å². The third-order valence-electron chi connectivity index (χ3n) is 3.19. The van der Waals surface area contributed by atoms with Gasteiger partial charge in [-0.3, -0.25) is 4.79 Å². The summed E-state index contributed by atoms with van der Waals surface area (Å²) in [5.74, 6) is 0.00805. The van der Waals surface area contributed by atoms with Gasteiger partial charge >= 0.3 is 5.97 Å². The molecule has 0 spiro atoms. The van der Waals surface area contributed by atoms with Gasteiger partial charge in [-0.1, -0.05) is 12.1 Å². The van der Waals surface area contributed by atoms with E-state index < -0.39 is 0 Å². The quantitative estimate of drug-likeness (QED) is 0.788. The molecule has 3 N–H and O–H groups in total. The largest absolute Gasteiger partial charge is 0.467 e. The second kappa shape index (κ2) is 7.42. The molecule has 0 fully saturated rings. The Kier molecular flexibility index (Phi) is 5.32. The van der Waals surface area contributed by atoms with Crippen molar-refractivity contribution in [3.63, 3.8) is 0 Å². The topological polar surface area (TPSA) is 94.6 Å². The van der Waals surface area contributed by atoms with Crippen LogP contribution in [0.4, 0.5) is 0 Å². The van der Waals surface area contributed by atoms with E-state index in [1.807, 2.05) is 12.1 Å². The van der Waals surface area contributed by atoms with Crippen LogP contribution in [0.1, 0.15) is 32.0 Å². The average Bonchev–Trinajstić information content (AvgIpc) is 3.04. The van der Waals surface area contributed by atoms with Gasteiger partial charge in [-0.15, -0.1) is 0 Å². The molecule has 0 radical (unpaired) electrons. The van der Waals surface area contributed by atoms with Gasteiger partial charge in [-0.2, -0.15) is 0 Å². The fourth-order valence-corrected chi connectivity index (χ4v) is 1.95. The number of amides is 1. The van der Waals surface area contributed by atoms with Crippen LogP contribution in [0.5, 0.6) is 0 Å². The lowest BCUT2D eigenvalue weighted by molar-refractivity contribution is 0.0600. The van der Waals surface area contributed by atoms with Gasteiger partial charge in [0.2, 0.25) is 0 Å². The Morgan fingerprint density at radius 3 is 2.55 bits per heavy atom. The van der Waals surface area contributed by atoms with E-state index in [4.69, 9.17) is 10.2 Å². The number of carbonyl (C=O) groups is 2. The van der Waals surface area contributed by atoms with E-state index in [1.165, 1.54) is 13.4 Å². The minimum atomic E-state index is -0.365. The van der Waals surface area contributed by atoms with Crippen LogP contribution in [0.3, 0.4) is 0 Å². The molecule has 0 aliphatic rings. The van der Waals surface area contributed by atoms with Gasteiger partial charge in [-0.25, -0.2) is 4.79 Å². The van der Waals surface area contributed by atoms with Crippen LogP contribution >= 0.6 is 0 Å². The maximum atomic E-state index is 11.9. The molecule has 22 heavy (non-hydrogen) atoms. The Hall–Kier alpha value is -2.60. The maximum absolute atomic E-state index is 11.9. The molecular formula is C16H18N2O4. The van der Waals surface area contributed by atoms with Gasteiger partial charge in [-0.05, 0) is 30.2 Å². The van der Waals surface area contributed by atoms with Crippen molar-refractivity contribution < 1.29 is 18.7 Å². The van der Waals surface area contributed by atoms with Crippen molar-refractivity contribution in [3.05, 3.63) is 59.0 Å². The Morgan fingerprint density at radius 2 is 1.95 bits per heavy atom. The highest BCUT2D eigenvalue weighted by Crippen LogP contribution is 2.08. The second-order valence-electron chi connectivity index (χ2n) is 4.70. The number of carbonyl (C=O) groups excluding carboxylic acids is 2. The number of esters is 1. The van der Waals surface area contributed by atoms with Crippen LogP contribution in [0, 0.1) is 0 Å². The average molecular weight is 302 g/mol. The van der Waals surface area contributed by atoms with Crippen LogP contribution < -0.4 is 11.1 Å². The van der Waals surface area contributed by atoms with Crippen molar-refractivity contribution >= 4 is 11.9 Å². The van der Waals surface area contributed by atoms with Gasteiger partial charge in [0.25, 0.3) is 5.91 Å². The van der Waals surface area contributed by atoms with E-state index in [0.29, 0.717) is 29.9 Å². The van der Waals surface area contributed by atoms with Crippen molar-refractivity contribution in [3.8, 4) is 0 Å². The van der Waals surface area contributed by atoms with E-state index in [9.17, 15) is 9.59 Å². The van der Waals surface area contributed by atoms with E-state index in [1.54, 1.807) is 18.2 Å². The van der Waals surface area contributed by atoms with Crippen LogP contribution in [-0.4, -0.2) is 25.5 Å². The van der Waals surface area contributed by atoms with Crippen LogP contribution in [0.2, 0.25) is 0 Å². The molecule has 0 unspecified atom stereocenters. The molecule has 1 heterocycles. The SMILES string of the molecule is COC(=O)c1ccc(CCNC(=O)c2coc(CN)c2)cc1. The summed E-state index contributed by atoms with van der Waals surface area (Å²) in [6.07, 6.45) is 2.05. The van der Waals surface area contributed by atoms with Crippen LogP contribution in [0.15, 0.2) is 41.0 Å². The van der Waals surface area contributed by atoms with Gasteiger partial charge in [0.1, 0.15) is 12.0 Å². The number of benzene rings is 1. The molecule has 6 heteroatoms. The molecule has 0 aliphatic heterocycles. The third-order valence-corrected chi connectivity index (χ3v) is 3.19. The number of nitrogens with one attached hydrogen (secondary N) is 1. The van der Waals surface area contributed by atoms with Crippen LogP contribution in [0.25, 0.3) is 0 Å². The van der Waals surface area contributed by atoms with E-state index in [0.717, 1.165) is 5.56 Å². The third kappa shape index (κ3) is 3.95. The first-order chi connectivity index (χ1) is 10.6. The second-order valence-corrected chi connectivity index (χ2v) is 4.70. The van der Waals surface area contributed by atoms with Crippen molar-refractivity contribution in [1.29, 1.82) is 0 Å². The van der Waals surface area contributed by atoms with Crippen molar-refractivity contribution in [2.24, 2.45) is 5.73 Å². The minimum absolute atomic E-state index is 0.199. The summed E-state index contributed by atoms with van der Waals surface area (Å²) < 4.78 is 9.75. The number of methoxy groups -OCH3 is 1. The Morgan fingerprint density at radius 1 is 1.23 bits per heavy atom. The van der Waals surface area contributed by atoms with Crippen molar-refractivity contribution in [1.82, 2.24) is 5.32 Å². The number of rotatable bonds is 6. The summed E-state index contributed by atoms with van der Waals surface area (Å²) in [6, 6.07) is 8.70. The number of ether oxygens (including phenoxy) is 1. The lowest BCUT2D eigenvalue weighted by Gasteiger charge is -2.05. The summed E-state index contributed by atoms with van der Waals surface area (Å²) in [4.78, 5) is 23.2. The number of nitrogens with two attached hydrogens (primary N) is 1.